The minimum atomic E-state index is 0.774. The second-order valence-electron chi connectivity index (χ2n) is 4.62. The minimum absolute atomic E-state index is 0.774. The van der Waals surface area contributed by atoms with Crippen LogP contribution < -0.4 is 11.1 Å². The SMILES string of the molecule is CCCc1nn(C)c(NCCc2cccnc2)c1N. The number of anilines is 2. The molecule has 0 aliphatic heterocycles. The van der Waals surface area contributed by atoms with E-state index in [9.17, 15) is 0 Å². The van der Waals surface area contributed by atoms with Crippen LogP contribution in [-0.4, -0.2) is 21.3 Å². The van der Waals surface area contributed by atoms with Crippen molar-refractivity contribution in [3.63, 3.8) is 0 Å². The molecule has 0 saturated heterocycles. The molecule has 2 aromatic rings. The summed E-state index contributed by atoms with van der Waals surface area (Å²) < 4.78 is 1.82. The molecule has 0 radical (unpaired) electrons. The zero-order valence-corrected chi connectivity index (χ0v) is 11.6. The highest BCUT2D eigenvalue weighted by Crippen LogP contribution is 2.22. The smallest absolute Gasteiger partial charge is 0.147 e. The van der Waals surface area contributed by atoms with Crippen LogP contribution in [0.15, 0.2) is 24.5 Å². The first kappa shape index (κ1) is 13.4. The maximum absolute atomic E-state index is 6.11. The van der Waals surface area contributed by atoms with Crippen molar-refractivity contribution in [2.24, 2.45) is 7.05 Å². The molecular weight excluding hydrogens is 238 g/mol. The van der Waals surface area contributed by atoms with E-state index in [1.54, 1.807) is 6.20 Å². The van der Waals surface area contributed by atoms with Gasteiger partial charge in [0.2, 0.25) is 0 Å². The molecule has 0 aliphatic carbocycles. The first-order valence-electron chi connectivity index (χ1n) is 6.66. The first-order chi connectivity index (χ1) is 9.22. The molecule has 0 unspecified atom stereocenters. The maximum atomic E-state index is 6.11. The van der Waals surface area contributed by atoms with Crippen LogP contribution in [0.3, 0.4) is 0 Å². The van der Waals surface area contributed by atoms with Crippen LogP contribution in [0.2, 0.25) is 0 Å². The van der Waals surface area contributed by atoms with Gasteiger partial charge in [-0.2, -0.15) is 5.10 Å². The molecule has 19 heavy (non-hydrogen) atoms. The molecule has 3 N–H and O–H groups in total. The number of aromatic nitrogens is 3. The molecule has 5 nitrogen and oxygen atoms in total. The lowest BCUT2D eigenvalue weighted by Crippen LogP contribution is -2.10. The van der Waals surface area contributed by atoms with Gasteiger partial charge >= 0.3 is 0 Å². The molecule has 0 fully saturated rings. The van der Waals surface area contributed by atoms with E-state index in [1.165, 1.54) is 5.56 Å². The van der Waals surface area contributed by atoms with Crippen LogP contribution in [0.25, 0.3) is 0 Å². The Kier molecular flexibility index (Phi) is 4.39. The van der Waals surface area contributed by atoms with E-state index in [-0.39, 0.29) is 0 Å². The second-order valence-corrected chi connectivity index (χ2v) is 4.62. The van der Waals surface area contributed by atoms with Crippen LogP contribution in [0.4, 0.5) is 11.5 Å². The average Bonchev–Trinajstić information content (AvgIpc) is 2.68. The second kappa shape index (κ2) is 6.22. The van der Waals surface area contributed by atoms with Gasteiger partial charge in [-0.25, -0.2) is 0 Å². The van der Waals surface area contributed by atoms with Crippen molar-refractivity contribution >= 4 is 11.5 Å². The van der Waals surface area contributed by atoms with E-state index >= 15 is 0 Å². The molecule has 0 spiro atoms. The third-order valence-corrected chi connectivity index (χ3v) is 3.08. The van der Waals surface area contributed by atoms with Gasteiger partial charge in [0, 0.05) is 26.0 Å². The molecule has 5 heteroatoms. The van der Waals surface area contributed by atoms with Crippen molar-refractivity contribution < 1.29 is 0 Å². The fourth-order valence-electron chi connectivity index (χ4n) is 2.10. The maximum Gasteiger partial charge on any atom is 0.147 e. The van der Waals surface area contributed by atoms with Gasteiger partial charge in [0.25, 0.3) is 0 Å². The quantitative estimate of drug-likeness (QED) is 0.832. The standard InChI is InChI=1S/C14H21N5/c1-3-5-12-13(15)14(19(2)18-12)17-9-7-11-6-4-8-16-10-11/h4,6,8,10,17H,3,5,7,9,15H2,1-2H3. The number of rotatable bonds is 6. The van der Waals surface area contributed by atoms with Crippen molar-refractivity contribution in [3.8, 4) is 0 Å². The van der Waals surface area contributed by atoms with Gasteiger partial charge in [0.05, 0.1) is 11.4 Å². The van der Waals surface area contributed by atoms with Crippen LogP contribution in [0, 0.1) is 0 Å². The molecule has 2 rings (SSSR count). The topological polar surface area (TPSA) is 68.8 Å². The van der Waals surface area contributed by atoms with E-state index < -0.39 is 0 Å². The predicted octanol–water partition coefficient (Wildman–Crippen LogP) is 2.00. The fourth-order valence-corrected chi connectivity index (χ4v) is 2.10. The Balaban J connectivity index is 1.96. The number of hydrogen-bond donors (Lipinski definition) is 2. The number of nitrogens with two attached hydrogens (primary N) is 1. The molecule has 0 aliphatic rings. The summed E-state index contributed by atoms with van der Waals surface area (Å²) in [5, 5.41) is 7.80. The van der Waals surface area contributed by atoms with E-state index in [0.29, 0.717) is 0 Å². The molecule has 0 amide bonds. The Bertz CT molecular complexity index is 518. The van der Waals surface area contributed by atoms with Crippen molar-refractivity contribution in [2.75, 3.05) is 17.6 Å². The Morgan fingerprint density at radius 3 is 2.89 bits per heavy atom. The summed E-state index contributed by atoms with van der Waals surface area (Å²) >= 11 is 0. The molecule has 0 bridgehead atoms. The normalized spacial score (nSPS) is 10.6. The van der Waals surface area contributed by atoms with E-state index in [0.717, 1.165) is 43.0 Å². The van der Waals surface area contributed by atoms with Gasteiger partial charge in [0.15, 0.2) is 0 Å². The molecule has 102 valence electrons. The summed E-state index contributed by atoms with van der Waals surface area (Å²) in [6.07, 6.45) is 6.56. The summed E-state index contributed by atoms with van der Waals surface area (Å²) in [6, 6.07) is 4.02. The Hall–Kier alpha value is -2.04. The first-order valence-corrected chi connectivity index (χ1v) is 6.66. The molecule has 0 atom stereocenters. The van der Waals surface area contributed by atoms with Gasteiger partial charge in [-0.15, -0.1) is 0 Å². The van der Waals surface area contributed by atoms with Gasteiger partial charge in [0.1, 0.15) is 5.82 Å². The van der Waals surface area contributed by atoms with Crippen molar-refractivity contribution in [1.29, 1.82) is 0 Å². The molecular formula is C14H21N5. The summed E-state index contributed by atoms with van der Waals surface area (Å²) in [6.45, 7) is 2.95. The number of nitrogens with zero attached hydrogens (tertiary/aromatic N) is 3. The van der Waals surface area contributed by atoms with Crippen LogP contribution in [-0.2, 0) is 19.9 Å². The Labute approximate surface area is 113 Å². The average molecular weight is 259 g/mol. The lowest BCUT2D eigenvalue weighted by molar-refractivity contribution is 0.734. The monoisotopic (exact) mass is 259 g/mol. The number of pyridine rings is 1. The number of nitrogen functional groups attached to an aromatic ring is 1. The highest BCUT2D eigenvalue weighted by atomic mass is 15.3. The Morgan fingerprint density at radius 1 is 1.37 bits per heavy atom. The number of hydrogen-bond acceptors (Lipinski definition) is 4. The third kappa shape index (κ3) is 3.24. The number of aryl methyl sites for hydroxylation is 2. The minimum Gasteiger partial charge on any atom is -0.394 e. The summed E-state index contributed by atoms with van der Waals surface area (Å²) in [5.74, 6) is 0.910. The van der Waals surface area contributed by atoms with Gasteiger partial charge in [-0.1, -0.05) is 19.4 Å². The summed E-state index contributed by atoms with van der Waals surface area (Å²) in [5.41, 5.74) is 9.08. The highest BCUT2D eigenvalue weighted by Gasteiger charge is 2.11. The fraction of sp³-hybridized carbons (Fsp3) is 0.429. The molecule has 2 heterocycles. The summed E-state index contributed by atoms with van der Waals surface area (Å²) in [4.78, 5) is 4.10. The largest absolute Gasteiger partial charge is 0.394 e. The predicted molar refractivity (Wildman–Crippen MR) is 78.0 cm³/mol. The zero-order valence-electron chi connectivity index (χ0n) is 11.6. The molecule has 0 saturated carbocycles. The Morgan fingerprint density at radius 2 is 2.21 bits per heavy atom. The molecule has 2 aromatic heterocycles. The van der Waals surface area contributed by atoms with Gasteiger partial charge in [-0.3, -0.25) is 9.67 Å². The van der Waals surface area contributed by atoms with Crippen LogP contribution in [0.1, 0.15) is 24.6 Å². The highest BCUT2D eigenvalue weighted by molar-refractivity contribution is 5.65. The van der Waals surface area contributed by atoms with Crippen LogP contribution in [0.5, 0.6) is 0 Å². The third-order valence-electron chi connectivity index (χ3n) is 3.08. The van der Waals surface area contributed by atoms with Gasteiger partial charge < -0.3 is 11.1 Å². The zero-order chi connectivity index (χ0) is 13.7. The van der Waals surface area contributed by atoms with Crippen LogP contribution >= 0.6 is 0 Å². The van der Waals surface area contributed by atoms with Gasteiger partial charge in [-0.05, 0) is 24.5 Å². The van der Waals surface area contributed by atoms with Crippen molar-refractivity contribution in [3.05, 3.63) is 35.8 Å². The lowest BCUT2D eigenvalue weighted by Gasteiger charge is -2.07. The summed E-state index contributed by atoms with van der Waals surface area (Å²) in [7, 11) is 1.92. The lowest BCUT2D eigenvalue weighted by atomic mass is 10.2. The number of nitrogens with one attached hydrogen (secondary N) is 1. The van der Waals surface area contributed by atoms with E-state index in [4.69, 9.17) is 5.73 Å². The van der Waals surface area contributed by atoms with E-state index in [2.05, 4.69) is 28.4 Å². The van der Waals surface area contributed by atoms with Crippen molar-refractivity contribution in [1.82, 2.24) is 14.8 Å². The van der Waals surface area contributed by atoms with E-state index in [1.807, 2.05) is 24.0 Å². The van der Waals surface area contributed by atoms with Crippen molar-refractivity contribution in [2.45, 2.75) is 26.2 Å². The molecule has 0 aromatic carbocycles.